The third-order valence-corrected chi connectivity index (χ3v) is 6.22. The number of phenols is 1. The maximum absolute atomic E-state index is 11.4. The lowest BCUT2D eigenvalue weighted by atomic mass is 10.1. The van der Waals surface area contributed by atoms with E-state index in [0.29, 0.717) is 12.1 Å². The Hall–Kier alpha value is -2.20. The quantitative estimate of drug-likeness (QED) is 0.166. The average Bonchev–Trinajstić information content (AvgIpc) is 2.82. The fourth-order valence-electron chi connectivity index (χ4n) is 3.72. The molecule has 9 heteroatoms. The van der Waals surface area contributed by atoms with Crippen LogP contribution < -0.4 is 10.0 Å². The molecule has 0 saturated carbocycles. The van der Waals surface area contributed by atoms with Crippen molar-refractivity contribution >= 4 is 15.7 Å². The van der Waals surface area contributed by atoms with Crippen LogP contribution in [-0.2, 0) is 21.2 Å². The Kier molecular flexibility index (Phi) is 13.7. The van der Waals surface area contributed by atoms with Crippen molar-refractivity contribution in [2.75, 3.05) is 37.3 Å². The van der Waals surface area contributed by atoms with Crippen molar-refractivity contribution in [3.8, 4) is 5.75 Å². The molecule has 4 N–H and O–H groups in total. The molecule has 2 rings (SSSR count). The number of aromatic nitrogens is 1. The lowest BCUT2D eigenvalue weighted by Gasteiger charge is -2.14. The van der Waals surface area contributed by atoms with E-state index in [1.54, 1.807) is 6.07 Å². The molecule has 0 spiro atoms. The molecule has 0 saturated heterocycles. The smallest absolute Gasteiger partial charge is 0.229 e. The van der Waals surface area contributed by atoms with Gasteiger partial charge in [-0.25, -0.2) is 8.42 Å². The van der Waals surface area contributed by atoms with E-state index >= 15 is 0 Å². The maximum atomic E-state index is 11.4. The first-order chi connectivity index (χ1) is 16.8. The first-order valence-corrected chi connectivity index (χ1v) is 14.4. The lowest BCUT2D eigenvalue weighted by molar-refractivity contribution is 0.125. The summed E-state index contributed by atoms with van der Waals surface area (Å²) < 4.78 is 30.8. The number of pyridine rings is 1. The van der Waals surface area contributed by atoms with Crippen LogP contribution in [0.3, 0.4) is 0 Å². The lowest BCUT2D eigenvalue weighted by Crippen LogP contribution is -2.22. The Labute approximate surface area is 210 Å². The van der Waals surface area contributed by atoms with E-state index in [4.69, 9.17) is 4.74 Å². The second-order valence-corrected chi connectivity index (χ2v) is 10.6. The summed E-state index contributed by atoms with van der Waals surface area (Å²) in [7, 11) is -3.51. The van der Waals surface area contributed by atoms with Crippen LogP contribution in [-0.4, -0.2) is 56.2 Å². The number of anilines is 1. The molecule has 1 unspecified atom stereocenters. The fourth-order valence-corrected chi connectivity index (χ4v) is 4.28. The molecule has 1 atom stereocenters. The van der Waals surface area contributed by atoms with E-state index in [1.165, 1.54) is 37.1 Å². The van der Waals surface area contributed by atoms with Gasteiger partial charge in [-0.15, -0.1) is 0 Å². The minimum Gasteiger partial charge on any atom is -0.506 e. The highest BCUT2D eigenvalue weighted by Crippen LogP contribution is 2.27. The highest BCUT2D eigenvalue weighted by molar-refractivity contribution is 7.92. The predicted octanol–water partition coefficient (Wildman–Crippen LogP) is 4.16. The molecule has 2 aromatic rings. The molecule has 0 aliphatic rings. The van der Waals surface area contributed by atoms with Crippen LogP contribution in [0, 0.1) is 0 Å². The van der Waals surface area contributed by atoms with Crippen LogP contribution >= 0.6 is 0 Å². The number of hydrogen-bond donors (Lipinski definition) is 4. The number of nitrogens with one attached hydrogen (secondary N) is 2. The number of ether oxygens (including phenoxy) is 1. The first kappa shape index (κ1) is 29.0. The predicted molar refractivity (Wildman–Crippen MR) is 140 cm³/mol. The zero-order valence-electron chi connectivity index (χ0n) is 20.8. The van der Waals surface area contributed by atoms with E-state index < -0.39 is 16.1 Å². The number of benzene rings is 1. The van der Waals surface area contributed by atoms with E-state index in [1.807, 2.05) is 18.3 Å². The molecule has 0 bridgehead atoms. The molecule has 0 aliphatic heterocycles. The SMILES string of the molecule is CS(=O)(=O)Nc1cc(C(O)CNCCCCCCOCCCCCCc2ccccn2)ccc1O. The number of unbranched alkanes of at least 4 members (excludes halogenated alkanes) is 6. The van der Waals surface area contributed by atoms with Gasteiger partial charge in [-0.1, -0.05) is 37.8 Å². The minimum atomic E-state index is -3.51. The van der Waals surface area contributed by atoms with Crippen LogP contribution in [0.5, 0.6) is 5.75 Å². The summed E-state index contributed by atoms with van der Waals surface area (Å²) in [5, 5.41) is 23.4. The molecule has 1 aromatic carbocycles. The topological polar surface area (TPSA) is 121 Å². The molecular weight excluding hydrogens is 466 g/mol. The summed E-state index contributed by atoms with van der Waals surface area (Å²) in [4.78, 5) is 4.35. The van der Waals surface area contributed by atoms with Gasteiger partial charge < -0.3 is 20.3 Å². The van der Waals surface area contributed by atoms with E-state index in [-0.39, 0.29) is 11.4 Å². The number of phenolic OH excluding ortho intramolecular Hbond substituents is 1. The van der Waals surface area contributed by atoms with Gasteiger partial charge in [-0.05, 0) is 68.5 Å². The highest BCUT2D eigenvalue weighted by Gasteiger charge is 2.12. The Morgan fingerprint density at radius 3 is 2.37 bits per heavy atom. The van der Waals surface area contributed by atoms with Crippen molar-refractivity contribution in [2.45, 2.75) is 63.9 Å². The standard InChI is InChI=1S/C26H41N3O5S/c1-35(32,33)29-24-20-22(14-15-25(24)30)26(31)21-27-16-8-3-5-11-19-34-18-10-4-2-6-12-23-13-7-9-17-28-23/h7,9,13-15,17,20,26-27,29-31H,2-6,8,10-12,16,18-19,21H2,1H3. The van der Waals surface area contributed by atoms with Gasteiger partial charge in [0.2, 0.25) is 10.0 Å². The van der Waals surface area contributed by atoms with Crippen molar-refractivity contribution < 1.29 is 23.4 Å². The summed E-state index contributed by atoms with van der Waals surface area (Å²) in [5.74, 6) is -0.181. The number of sulfonamides is 1. The van der Waals surface area contributed by atoms with Crippen LogP contribution in [0.15, 0.2) is 42.6 Å². The van der Waals surface area contributed by atoms with Gasteiger partial charge in [0.05, 0.1) is 18.0 Å². The highest BCUT2D eigenvalue weighted by atomic mass is 32.2. The summed E-state index contributed by atoms with van der Waals surface area (Å²) in [5.41, 5.74) is 1.77. The molecule has 196 valence electrons. The number of hydrogen-bond acceptors (Lipinski definition) is 7. The number of aryl methyl sites for hydroxylation is 1. The summed E-state index contributed by atoms with van der Waals surface area (Å²) >= 11 is 0. The van der Waals surface area contributed by atoms with Gasteiger partial charge in [-0.2, -0.15) is 0 Å². The zero-order chi connectivity index (χ0) is 25.4. The van der Waals surface area contributed by atoms with Gasteiger partial charge in [0, 0.05) is 31.6 Å². The maximum Gasteiger partial charge on any atom is 0.229 e. The Balaban J connectivity index is 1.41. The second kappa shape index (κ2) is 16.5. The van der Waals surface area contributed by atoms with E-state index in [0.717, 1.165) is 64.5 Å². The van der Waals surface area contributed by atoms with Gasteiger partial charge in [-0.3, -0.25) is 9.71 Å². The molecule has 0 radical (unpaired) electrons. The number of nitrogens with zero attached hydrogens (tertiary/aromatic N) is 1. The van der Waals surface area contributed by atoms with Crippen molar-refractivity contribution in [3.63, 3.8) is 0 Å². The molecular formula is C26H41N3O5S. The first-order valence-electron chi connectivity index (χ1n) is 12.5. The van der Waals surface area contributed by atoms with Crippen LogP contribution in [0.1, 0.15) is 68.7 Å². The van der Waals surface area contributed by atoms with Gasteiger partial charge in [0.25, 0.3) is 0 Å². The van der Waals surface area contributed by atoms with Crippen LogP contribution in [0.25, 0.3) is 0 Å². The Morgan fingerprint density at radius 2 is 1.69 bits per heavy atom. The largest absolute Gasteiger partial charge is 0.506 e. The fraction of sp³-hybridized carbons (Fsp3) is 0.577. The molecule has 8 nitrogen and oxygen atoms in total. The van der Waals surface area contributed by atoms with Crippen LogP contribution in [0.2, 0.25) is 0 Å². The van der Waals surface area contributed by atoms with Crippen LogP contribution in [0.4, 0.5) is 5.69 Å². The molecule has 0 amide bonds. The monoisotopic (exact) mass is 507 g/mol. The van der Waals surface area contributed by atoms with Gasteiger partial charge in [0.1, 0.15) is 5.75 Å². The number of aliphatic hydroxyl groups excluding tert-OH is 1. The second-order valence-electron chi connectivity index (χ2n) is 8.88. The third kappa shape index (κ3) is 13.5. The Morgan fingerprint density at radius 1 is 0.971 bits per heavy atom. The minimum absolute atomic E-state index is 0.0619. The van der Waals surface area contributed by atoms with Crippen molar-refractivity contribution in [1.82, 2.24) is 10.3 Å². The van der Waals surface area contributed by atoms with Crippen molar-refractivity contribution in [2.24, 2.45) is 0 Å². The molecule has 35 heavy (non-hydrogen) atoms. The van der Waals surface area contributed by atoms with E-state index in [2.05, 4.69) is 21.1 Å². The number of aromatic hydroxyl groups is 1. The third-order valence-electron chi connectivity index (χ3n) is 5.63. The van der Waals surface area contributed by atoms with Crippen molar-refractivity contribution in [3.05, 3.63) is 53.9 Å². The molecule has 0 aliphatic carbocycles. The molecule has 1 heterocycles. The Bertz CT molecular complexity index is 941. The number of rotatable bonds is 19. The summed E-state index contributed by atoms with van der Waals surface area (Å²) in [6.07, 6.45) is 12.1. The normalized spacial score (nSPS) is 12.5. The summed E-state index contributed by atoms with van der Waals surface area (Å²) in [6.45, 7) is 2.80. The van der Waals surface area contributed by atoms with Gasteiger partial charge in [0.15, 0.2) is 0 Å². The summed E-state index contributed by atoms with van der Waals surface area (Å²) in [6, 6.07) is 10.5. The van der Waals surface area contributed by atoms with E-state index in [9.17, 15) is 18.6 Å². The average molecular weight is 508 g/mol. The number of aliphatic hydroxyl groups is 1. The molecule has 0 fully saturated rings. The van der Waals surface area contributed by atoms with Gasteiger partial charge >= 0.3 is 0 Å². The molecule has 1 aromatic heterocycles. The van der Waals surface area contributed by atoms with Crippen molar-refractivity contribution in [1.29, 1.82) is 0 Å². The zero-order valence-corrected chi connectivity index (χ0v) is 21.6.